The minimum absolute atomic E-state index is 0.0861. The molecule has 0 atom stereocenters. The number of nitrogens with zero attached hydrogens (tertiary/aromatic N) is 6. The van der Waals surface area contributed by atoms with Gasteiger partial charge in [-0.3, -0.25) is 4.79 Å². The molecule has 4 aromatic rings. The molecular formula is C24H28F2N8O. The number of aromatic nitrogens is 6. The van der Waals surface area contributed by atoms with Crippen LogP contribution in [0.1, 0.15) is 31.5 Å². The molecule has 0 saturated heterocycles. The Balaban J connectivity index is 1.35. The van der Waals surface area contributed by atoms with Crippen molar-refractivity contribution in [3.63, 3.8) is 0 Å². The van der Waals surface area contributed by atoms with Crippen LogP contribution in [0.25, 0.3) is 33.5 Å². The van der Waals surface area contributed by atoms with Gasteiger partial charge in [0.2, 0.25) is 11.9 Å². The number of hydrogen-bond donors (Lipinski definition) is 2. The van der Waals surface area contributed by atoms with Gasteiger partial charge in [0.25, 0.3) is 6.43 Å². The molecule has 1 saturated carbocycles. The predicted octanol–water partition coefficient (Wildman–Crippen LogP) is 4.00. The number of carbonyl (C=O) groups excluding carboxylic acids is 1. The van der Waals surface area contributed by atoms with Crippen molar-refractivity contribution in [3.8, 4) is 11.3 Å². The summed E-state index contributed by atoms with van der Waals surface area (Å²) in [4.78, 5) is 35.2. The van der Waals surface area contributed by atoms with Gasteiger partial charge in [0.05, 0.1) is 12.2 Å². The Morgan fingerprint density at radius 1 is 1.20 bits per heavy atom. The Labute approximate surface area is 201 Å². The highest BCUT2D eigenvalue weighted by atomic mass is 19.3. The average Bonchev–Trinajstić information content (AvgIpc) is 3.39. The smallest absolute Gasteiger partial charge is 0.256 e. The van der Waals surface area contributed by atoms with E-state index in [1.54, 1.807) is 44.4 Å². The summed E-state index contributed by atoms with van der Waals surface area (Å²) >= 11 is 0. The number of aromatic amines is 1. The van der Waals surface area contributed by atoms with Crippen molar-refractivity contribution < 1.29 is 13.6 Å². The number of H-pyrrole nitrogens is 1. The maximum Gasteiger partial charge on any atom is 0.256 e. The third-order valence-electron chi connectivity index (χ3n) is 6.66. The number of imidazole rings is 1. The number of pyridine rings is 1. The molecule has 9 nitrogen and oxygen atoms in total. The molecule has 4 heterocycles. The van der Waals surface area contributed by atoms with Crippen LogP contribution in [0.2, 0.25) is 0 Å². The SMILES string of the molecule is Cc1nc2ccc(-c3c[nH]c4nc(N[C@H]5CC[C@@H](C(=O)N(C)C)CC5)ncc34)nc2n1CC(F)F. The number of hydrogen-bond acceptors (Lipinski definition) is 6. The lowest BCUT2D eigenvalue weighted by atomic mass is 9.85. The second kappa shape index (κ2) is 9.20. The maximum atomic E-state index is 13.1. The topological polar surface area (TPSA) is 105 Å². The van der Waals surface area contributed by atoms with Gasteiger partial charge in [-0.25, -0.2) is 23.7 Å². The first kappa shape index (κ1) is 23.1. The molecule has 2 N–H and O–H groups in total. The van der Waals surface area contributed by atoms with Gasteiger partial charge in [-0.15, -0.1) is 0 Å². The second-order valence-corrected chi connectivity index (χ2v) is 9.28. The zero-order valence-electron chi connectivity index (χ0n) is 19.9. The van der Waals surface area contributed by atoms with Crippen LogP contribution in [0.3, 0.4) is 0 Å². The molecule has 0 unspecified atom stereocenters. The lowest BCUT2D eigenvalue weighted by Gasteiger charge is -2.29. The zero-order chi connectivity index (χ0) is 24.7. The van der Waals surface area contributed by atoms with E-state index in [0.29, 0.717) is 34.3 Å². The van der Waals surface area contributed by atoms with Gasteiger partial charge in [0.1, 0.15) is 17.0 Å². The number of alkyl halides is 2. The molecule has 5 rings (SSSR count). The quantitative estimate of drug-likeness (QED) is 0.430. The summed E-state index contributed by atoms with van der Waals surface area (Å²) in [5.74, 6) is 1.31. The number of anilines is 1. The van der Waals surface area contributed by atoms with E-state index >= 15 is 0 Å². The van der Waals surface area contributed by atoms with E-state index in [4.69, 9.17) is 0 Å². The van der Waals surface area contributed by atoms with Crippen molar-refractivity contribution in [2.24, 2.45) is 5.92 Å². The first-order valence-corrected chi connectivity index (χ1v) is 11.7. The number of nitrogens with one attached hydrogen (secondary N) is 2. The minimum Gasteiger partial charge on any atom is -0.351 e. The van der Waals surface area contributed by atoms with E-state index < -0.39 is 13.0 Å². The Bertz CT molecular complexity index is 1370. The molecule has 0 aliphatic heterocycles. The van der Waals surface area contributed by atoms with E-state index in [9.17, 15) is 13.6 Å². The standard InChI is InChI=1S/C24H28F2N8O/c1-13-29-19-9-8-18(31-22(19)34(13)12-20(25)26)16-10-27-21-17(16)11-28-24(32-21)30-15-6-4-14(5-7-15)23(35)33(2)3/h8-11,14-15,20H,4-7,12H2,1-3H3,(H2,27,28,30,32)/t14-,15+. The molecule has 1 amide bonds. The molecular weight excluding hydrogens is 454 g/mol. The Hall–Kier alpha value is -3.63. The highest BCUT2D eigenvalue weighted by Gasteiger charge is 2.27. The normalized spacial score (nSPS) is 18.5. The summed E-state index contributed by atoms with van der Waals surface area (Å²) in [6, 6.07) is 3.83. The summed E-state index contributed by atoms with van der Waals surface area (Å²) < 4.78 is 27.6. The fourth-order valence-electron chi connectivity index (χ4n) is 4.84. The highest BCUT2D eigenvalue weighted by molar-refractivity contribution is 5.93. The molecule has 184 valence electrons. The summed E-state index contributed by atoms with van der Waals surface area (Å²) in [6.45, 7) is 1.25. The Morgan fingerprint density at radius 3 is 2.69 bits per heavy atom. The Kier molecular flexibility index (Phi) is 6.08. The molecule has 11 heteroatoms. The van der Waals surface area contributed by atoms with Crippen molar-refractivity contribution in [1.82, 2.24) is 34.4 Å². The van der Waals surface area contributed by atoms with E-state index in [2.05, 4.69) is 30.2 Å². The van der Waals surface area contributed by atoms with E-state index in [1.807, 2.05) is 6.07 Å². The molecule has 1 aliphatic carbocycles. The van der Waals surface area contributed by atoms with Crippen molar-refractivity contribution in [3.05, 3.63) is 30.4 Å². The van der Waals surface area contributed by atoms with Gasteiger partial charge < -0.3 is 19.8 Å². The number of halogens is 2. The first-order chi connectivity index (χ1) is 16.8. The third kappa shape index (κ3) is 4.54. The second-order valence-electron chi connectivity index (χ2n) is 9.28. The van der Waals surface area contributed by atoms with Crippen LogP contribution in [0, 0.1) is 12.8 Å². The van der Waals surface area contributed by atoms with Gasteiger partial charge in [0, 0.05) is 49.4 Å². The molecule has 0 spiro atoms. The van der Waals surface area contributed by atoms with Crippen LogP contribution in [0.15, 0.2) is 24.5 Å². The lowest BCUT2D eigenvalue weighted by Crippen LogP contribution is -2.35. The molecule has 1 aliphatic rings. The van der Waals surface area contributed by atoms with Crippen LogP contribution < -0.4 is 5.32 Å². The van der Waals surface area contributed by atoms with Gasteiger partial charge in [0.15, 0.2) is 5.65 Å². The van der Waals surface area contributed by atoms with Crippen molar-refractivity contribution >= 4 is 34.1 Å². The fourth-order valence-corrected chi connectivity index (χ4v) is 4.84. The molecule has 4 aromatic heterocycles. The Morgan fingerprint density at radius 2 is 1.97 bits per heavy atom. The predicted molar refractivity (Wildman–Crippen MR) is 129 cm³/mol. The molecule has 35 heavy (non-hydrogen) atoms. The van der Waals surface area contributed by atoms with Gasteiger partial charge in [-0.05, 0) is 44.7 Å². The van der Waals surface area contributed by atoms with Crippen LogP contribution in [-0.2, 0) is 11.3 Å². The number of aryl methyl sites for hydroxylation is 1. The molecule has 0 aromatic carbocycles. The highest BCUT2D eigenvalue weighted by Crippen LogP contribution is 2.30. The van der Waals surface area contributed by atoms with E-state index in [1.165, 1.54) is 4.57 Å². The maximum absolute atomic E-state index is 13.1. The van der Waals surface area contributed by atoms with E-state index in [-0.39, 0.29) is 17.9 Å². The van der Waals surface area contributed by atoms with Gasteiger partial charge >= 0.3 is 0 Å². The van der Waals surface area contributed by atoms with Crippen molar-refractivity contribution in [2.75, 3.05) is 19.4 Å². The summed E-state index contributed by atoms with van der Waals surface area (Å²) in [7, 11) is 3.60. The van der Waals surface area contributed by atoms with Gasteiger partial charge in [-0.2, -0.15) is 4.98 Å². The number of rotatable bonds is 6. The summed E-state index contributed by atoms with van der Waals surface area (Å²) in [5.41, 5.74) is 3.09. The first-order valence-electron chi connectivity index (χ1n) is 11.7. The number of fused-ring (bicyclic) bond motifs is 2. The molecule has 1 fully saturated rings. The zero-order valence-corrected chi connectivity index (χ0v) is 19.9. The van der Waals surface area contributed by atoms with Crippen LogP contribution in [0.4, 0.5) is 14.7 Å². The largest absolute Gasteiger partial charge is 0.351 e. The van der Waals surface area contributed by atoms with Gasteiger partial charge in [-0.1, -0.05) is 0 Å². The molecule has 0 bridgehead atoms. The third-order valence-corrected chi connectivity index (χ3v) is 6.66. The van der Waals surface area contributed by atoms with Crippen molar-refractivity contribution in [1.29, 1.82) is 0 Å². The summed E-state index contributed by atoms with van der Waals surface area (Å²) in [5, 5.41) is 4.19. The number of amides is 1. The fraction of sp³-hybridized carbons (Fsp3) is 0.458. The summed E-state index contributed by atoms with van der Waals surface area (Å²) in [6.07, 6.45) is 4.52. The lowest BCUT2D eigenvalue weighted by molar-refractivity contribution is -0.133. The van der Waals surface area contributed by atoms with Crippen molar-refractivity contribution in [2.45, 2.75) is 51.6 Å². The van der Waals surface area contributed by atoms with Crippen LogP contribution in [-0.4, -0.2) is 66.9 Å². The minimum atomic E-state index is -2.49. The molecule has 0 radical (unpaired) electrons. The average molecular weight is 483 g/mol. The van der Waals surface area contributed by atoms with Crippen LogP contribution in [0.5, 0.6) is 0 Å². The number of carbonyl (C=O) groups is 1. The van der Waals surface area contributed by atoms with E-state index in [0.717, 1.165) is 36.6 Å². The monoisotopic (exact) mass is 482 g/mol. The van der Waals surface area contributed by atoms with Crippen LogP contribution >= 0.6 is 0 Å².